The number of esters is 2. The quantitative estimate of drug-likeness (QED) is 0.264. The normalized spacial score (nSPS) is 26.8. The SMILES string of the molecule is COc1ccc2c3c1O[C@H]1C(OC(=O)CCC(=O)O[C@@H](CC(=O)O)C(=O)O)=CC[C@@]4(O)[C@@H](C2)N(C)CC[C@]314.O=CC(F)(F)F. The monoisotopic (exact) mass is 629 g/mol. The molecule has 2 heterocycles. The van der Waals surface area contributed by atoms with Crippen LogP contribution in [-0.4, -0.2) is 101 Å². The van der Waals surface area contributed by atoms with Gasteiger partial charge in [0.15, 0.2) is 17.6 Å². The van der Waals surface area contributed by atoms with Gasteiger partial charge in [-0.05, 0) is 44.1 Å². The van der Waals surface area contributed by atoms with E-state index >= 15 is 0 Å². The summed E-state index contributed by atoms with van der Waals surface area (Å²) in [4.78, 5) is 57.5. The minimum absolute atomic E-state index is 0.162. The van der Waals surface area contributed by atoms with Crippen molar-refractivity contribution >= 4 is 30.2 Å². The number of carboxylic acid groups (broad SMARTS) is 2. The maximum Gasteiger partial charge on any atom is 0.446 e. The fraction of sp³-hybridized carbons (Fsp3) is 0.536. The predicted molar refractivity (Wildman–Crippen MR) is 139 cm³/mol. The summed E-state index contributed by atoms with van der Waals surface area (Å²) in [5, 5.41) is 30.0. The molecule has 3 N–H and O–H groups in total. The Kier molecular flexibility index (Phi) is 8.98. The number of halogens is 3. The first-order valence-electron chi connectivity index (χ1n) is 13.5. The number of carbonyl (C=O) groups excluding carboxylic acids is 3. The van der Waals surface area contributed by atoms with E-state index < -0.39 is 78.8 Å². The lowest BCUT2D eigenvalue weighted by Crippen LogP contribution is -2.74. The summed E-state index contributed by atoms with van der Waals surface area (Å²) < 4.78 is 53.5. The molecule has 0 amide bonds. The predicted octanol–water partition coefficient (Wildman–Crippen LogP) is 1.51. The van der Waals surface area contributed by atoms with Crippen molar-refractivity contribution < 1.29 is 71.4 Å². The molecule has 44 heavy (non-hydrogen) atoms. The Morgan fingerprint density at radius 2 is 1.84 bits per heavy atom. The maximum absolute atomic E-state index is 12.7. The zero-order valence-electron chi connectivity index (χ0n) is 23.6. The number of aldehydes is 1. The molecule has 1 aromatic carbocycles. The summed E-state index contributed by atoms with van der Waals surface area (Å²) in [5.41, 5.74) is -0.0761. The number of piperidine rings is 1. The highest BCUT2D eigenvalue weighted by atomic mass is 19.4. The molecule has 5 rings (SSSR count). The lowest BCUT2D eigenvalue weighted by atomic mass is 9.50. The Morgan fingerprint density at radius 3 is 2.43 bits per heavy atom. The average molecular weight is 630 g/mol. The molecular formula is C28H30F3NO12. The molecule has 1 spiro atoms. The van der Waals surface area contributed by atoms with Gasteiger partial charge in [0.2, 0.25) is 12.4 Å². The summed E-state index contributed by atoms with van der Waals surface area (Å²) >= 11 is 0. The van der Waals surface area contributed by atoms with Gasteiger partial charge < -0.3 is 39.2 Å². The van der Waals surface area contributed by atoms with Gasteiger partial charge >= 0.3 is 30.1 Å². The molecule has 16 heteroatoms. The number of aliphatic carboxylic acids is 2. The highest BCUT2D eigenvalue weighted by Gasteiger charge is 2.72. The number of benzene rings is 1. The molecule has 1 fully saturated rings. The van der Waals surface area contributed by atoms with Crippen LogP contribution in [0.5, 0.6) is 11.5 Å². The number of likely N-dealkylation sites (N-methyl/N-ethyl adjacent to an activating group) is 1. The third-order valence-corrected chi connectivity index (χ3v) is 8.37. The van der Waals surface area contributed by atoms with Crippen LogP contribution in [0.25, 0.3) is 0 Å². The molecule has 2 aliphatic heterocycles. The largest absolute Gasteiger partial charge is 0.493 e. The van der Waals surface area contributed by atoms with Crippen LogP contribution in [0.15, 0.2) is 24.0 Å². The van der Waals surface area contributed by atoms with Gasteiger partial charge in [0.25, 0.3) is 0 Å². The van der Waals surface area contributed by atoms with E-state index in [1.165, 1.54) is 7.11 Å². The van der Waals surface area contributed by atoms with Crippen LogP contribution >= 0.6 is 0 Å². The van der Waals surface area contributed by atoms with E-state index in [0.717, 1.165) is 11.1 Å². The van der Waals surface area contributed by atoms with E-state index in [1.807, 2.05) is 19.2 Å². The second-order valence-electron chi connectivity index (χ2n) is 10.8. The second kappa shape index (κ2) is 12.1. The first-order valence-corrected chi connectivity index (χ1v) is 13.5. The van der Waals surface area contributed by atoms with Crippen molar-refractivity contribution in [2.45, 2.75) is 74.0 Å². The number of hydrogen-bond donors (Lipinski definition) is 3. The van der Waals surface area contributed by atoms with Gasteiger partial charge in [-0.15, -0.1) is 0 Å². The third kappa shape index (κ3) is 5.83. The number of ether oxygens (including phenoxy) is 4. The molecule has 5 atom stereocenters. The summed E-state index contributed by atoms with van der Waals surface area (Å²) in [5.74, 6) is -3.56. The van der Waals surface area contributed by atoms with Gasteiger partial charge in [0.05, 0.1) is 37.4 Å². The van der Waals surface area contributed by atoms with Crippen molar-refractivity contribution in [3.8, 4) is 11.5 Å². The van der Waals surface area contributed by atoms with Crippen LogP contribution in [-0.2, 0) is 45.3 Å². The van der Waals surface area contributed by atoms with Gasteiger partial charge in [-0.2, -0.15) is 13.2 Å². The molecular weight excluding hydrogens is 599 g/mol. The van der Waals surface area contributed by atoms with E-state index in [-0.39, 0.29) is 18.2 Å². The van der Waals surface area contributed by atoms with Crippen molar-refractivity contribution in [3.05, 3.63) is 35.1 Å². The number of hydrogen-bond acceptors (Lipinski definition) is 11. The summed E-state index contributed by atoms with van der Waals surface area (Å²) in [6, 6.07) is 3.66. The Morgan fingerprint density at radius 1 is 1.18 bits per heavy atom. The third-order valence-electron chi connectivity index (χ3n) is 8.37. The molecule has 0 saturated carbocycles. The molecule has 1 aromatic rings. The molecule has 2 aliphatic carbocycles. The molecule has 13 nitrogen and oxygen atoms in total. The number of likely N-dealkylation sites (tertiary alicyclic amines) is 1. The highest BCUT2D eigenvalue weighted by Crippen LogP contribution is 2.65. The maximum atomic E-state index is 12.7. The lowest BCUT2D eigenvalue weighted by Gasteiger charge is -2.61. The van der Waals surface area contributed by atoms with E-state index in [4.69, 9.17) is 34.0 Å². The molecule has 1 saturated heterocycles. The number of aliphatic hydroxyl groups is 1. The molecule has 0 radical (unpaired) electrons. The van der Waals surface area contributed by atoms with E-state index in [1.54, 1.807) is 6.08 Å². The van der Waals surface area contributed by atoms with Gasteiger partial charge in [0, 0.05) is 18.0 Å². The number of alkyl halides is 3. The van der Waals surface area contributed by atoms with E-state index in [2.05, 4.69) is 4.90 Å². The number of methoxy groups -OCH3 is 1. The number of carbonyl (C=O) groups is 5. The Balaban J connectivity index is 0.000000670. The van der Waals surface area contributed by atoms with Crippen LogP contribution < -0.4 is 9.47 Å². The summed E-state index contributed by atoms with van der Waals surface area (Å²) in [7, 11) is 3.52. The average Bonchev–Trinajstić information content (AvgIpc) is 3.30. The van der Waals surface area contributed by atoms with Crippen LogP contribution in [0.1, 0.15) is 43.2 Å². The van der Waals surface area contributed by atoms with Gasteiger partial charge in [-0.3, -0.25) is 19.2 Å². The number of carboxylic acids is 2. The first-order chi connectivity index (χ1) is 20.6. The molecule has 2 bridgehead atoms. The summed E-state index contributed by atoms with van der Waals surface area (Å²) in [6.45, 7) is 0.705. The molecule has 240 valence electrons. The van der Waals surface area contributed by atoms with Gasteiger partial charge in [-0.1, -0.05) is 6.07 Å². The van der Waals surface area contributed by atoms with Crippen molar-refractivity contribution in [1.82, 2.24) is 4.90 Å². The molecule has 0 unspecified atom stereocenters. The van der Waals surface area contributed by atoms with Crippen LogP contribution in [0.3, 0.4) is 0 Å². The Bertz CT molecular complexity index is 1390. The highest BCUT2D eigenvalue weighted by molar-refractivity contribution is 5.84. The number of nitrogens with zero attached hydrogens (tertiary/aromatic N) is 1. The van der Waals surface area contributed by atoms with E-state index in [9.17, 15) is 37.5 Å². The zero-order valence-corrected chi connectivity index (χ0v) is 23.6. The topological polar surface area (TPSA) is 186 Å². The lowest BCUT2D eigenvalue weighted by molar-refractivity contribution is -0.171. The second-order valence-corrected chi connectivity index (χ2v) is 10.8. The smallest absolute Gasteiger partial charge is 0.446 e. The van der Waals surface area contributed by atoms with Crippen LogP contribution in [0.2, 0.25) is 0 Å². The first kappa shape index (κ1) is 32.7. The molecule has 0 aromatic heterocycles. The zero-order chi connectivity index (χ0) is 32.6. The number of rotatable bonds is 9. The molecule has 4 aliphatic rings. The van der Waals surface area contributed by atoms with Crippen molar-refractivity contribution in [2.75, 3.05) is 20.7 Å². The van der Waals surface area contributed by atoms with Gasteiger partial charge in [-0.25, -0.2) is 4.79 Å². The van der Waals surface area contributed by atoms with Crippen LogP contribution in [0.4, 0.5) is 13.2 Å². The van der Waals surface area contributed by atoms with Crippen molar-refractivity contribution in [3.63, 3.8) is 0 Å². The fourth-order valence-corrected chi connectivity index (χ4v) is 6.53. The van der Waals surface area contributed by atoms with E-state index in [0.29, 0.717) is 30.9 Å². The minimum atomic E-state index is -4.64. The summed E-state index contributed by atoms with van der Waals surface area (Å²) in [6.07, 6.45) is -7.07. The standard InChI is InChI=1S/C26H29NO11.C2HF3O/c1-27-10-9-25-21-13-3-4-14(35-2)22(21)38-23(25)15(7-8-26(25,34)17(27)11-13)36-19(30)5-6-20(31)37-16(24(32)33)12-18(28)29;3-2(4,5)1-6/h3-4,7,16-17,23,34H,5-6,8-12H2,1-2H3,(H,28,29)(H,32,33);1H/t16-,17+,23-,25-,26+;/m0./s1. The Labute approximate surface area is 248 Å². The minimum Gasteiger partial charge on any atom is -0.493 e. The van der Waals surface area contributed by atoms with Crippen molar-refractivity contribution in [2.24, 2.45) is 0 Å². The van der Waals surface area contributed by atoms with Crippen molar-refractivity contribution in [1.29, 1.82) is 0 Å². The fourth-order valence-electron chi connectivity index (χ4n) is 6.53. The van der Waals surface area contributed by atoms with Crippen LogP contribution in [0, 0.1) is 0 Å². The van der Waals surface area contributed by atoms with Gasteiger partial charge in [0.1, 0.15) is 5.76 Å². The Hall–Kier alpha value is -4.18.